The molecule has 1 aromatic carbocycles. The second-order valence-corrected chi connectivity index (χ2v) is 5.20. The molecule has 0 atom stereocenters. The number of nitrogens with one attached hydrogen (secondary N) is 1. The number of anilines is 1. The summed E-state index contributed by atoms with van der Waals surface area (Å²) >= 11 is 0. The van der Waals surface area contributed by atoms with Crippen LogP contribution in [0.4, 0.5) is 14.5 Å². The number of hydrogen-bond donors (Lipinski definition) is 2. The van der Waals surface area contributed by atoms with Crippen molar-refractivity contribution in [2.24, 2.45) is 5.41 Å². The predicted octanol–water partition coefficient (Wildman–Crippen LogP) is 2.47. The van der Waals surface area contributed by atoms with Crippen molar-refractivity contribution in [3.63, 3.8) is 0 Å². The molecular weight excluding hydrogens is 238 g/mol. The number of hydrogen-bond acceptors (Lipinski definition) is 2. The van der Waals surface area contributed by atoms with Gasteiger partial charge in [0.2, 0.25) is 0 Å². The van der Waals surface area contributed by atoms with E-state index in [4.69, 9.17) is 5.73 Å². The van der Waals surface area contributed by atoms with Crippen LogP contribution in [0.1, 0.15) is 36.5 Å². The van der Waals surface area contributed by atoms with Gasteiger partial charge in [-0.3, -0.25) is 4.79 Å². The number of carbonyl (C=O) groups excluding carboxylic acids is 1. The maximum absolute atomic E-state index is 13.2. The fourth-order valence-corrected chi connectivity index (χ4v) is 2.07. The van der Waals surface area contributed by atoms with Crippen LogP contribution >= 0.6 is 0 Å². The Hall–Kier alpha value is -1.65. The number of nitrogens with two attached hydrogens (primary N) is 1. The van der Waals surface area contributed by atoms with Crippen LogP contribution < -0.4 is 11.1 Å². The number of rotatable bonds is 3. The monoisotopic (exact) mass is 254 g/mol. The zero-order valence-corrected chi connectivity index (χ0v) is 10.2. The van der Waals surface area contributed by atoms with Gasteiger partial charge in [-0.1, -0.05) is 13.3 Å². The number of nitrogen functional groups attached to an aromatic ring is 1. The molecule has 18 heavy (non-hydrogen) atoms. The van der Waals surface area contributed by atoms with E-state index >= 15 is 0 Å². The van der Waals surface area contributed by atoms with E-state index in [9.17, 15) is 13.6 Å². The van der Waals surface area contributed by atoms with E-state index in [0.717, 1.165) is 31.4 Å². The van der Waals surface area contributed by atoms with E-state index < -0.39 is 23.2 Å². The van der Waals surface area contributed by atoms with Crippen LogP contribution in [0.25, 0.3) is 0 Å². The molecule has 1 saturated carbocycles. The Morgan fingerprint density at radius 1 is 1.39 bits per heavy atom. The summed E-state index contributed by atoms with van der Waals surface area (Å²) in [6.07, 6.45) is 3.30. The van der Waals surface area contributed by atoms with Crippen molar-refractivity contribution in [1.29, 1.82) is 0 Å². The van der Waals surface area contributed by atoms with Gasteiger partial charge in [-0.05, 0) is 30.4 Å². The first-order valence-electron chi connectivity index (χ1n) is 5.94. The smallest absolute Gasteiger partial charge is 0.251 e. The maximum Gasteiger partial charge on any atom is 0.251 e. The lowest BCUT2D eigenvalue weighted by molar-refractivity contribution is 0.0890. The number of benzene rings is 1. The first-order valence-corrected chi connectivity index (χ1v) is 5.94. The molecule has 3 nitrogen and oxygen atoms in total. The molecule has 2 rings (SSSR count). The van der Waals surface area contributed by atoms with Gasteiger partial charge in [-0.25, -0.2) is 8.78 Å². The molecule has 3 N–H and O–H groups in total. The molecule has 0 aliphatic heterocycles. The third kappa shape index (κ3) is 2.44. The summed E-state index contributed by atoms with van der Waals surface area (Å²) in [7, 11) is 0. The van der Waals surface area contributed by atoms with Crippen molar-refractivity contribution in [2.45, 2.75) is 26.2 Å². The molecule has 0 unspecified atom stereocenters. The second-order valence-electron chi connectivity index (χ2n) is 5.20. The van der Waals surface area contributed by atoms with Crippen LogP contribution in [0.15, 0.2) is 12.1 Å². The minimum atomic E-state index is -0.907. The molecule has 0 heterocycles. The van der Waals surface area contributed by atoms with Crippen molar-refractivity contribution in [3.05, 3.63) is 29.3 Å². The molecule has 0 radical (unpaired) electrons. The highest BCUT2D eigenvalue weighted by molar-refractivity contribution is 5.94. The Morgan fingerprint density at radius 3 is 2.39 bits per heavy atom. The van der Waals surface area contributed by atoms with E-state index in [-0.39, 0.29) is 11.0 Å². The Morgan fingerprint density at radius 2 is 1.94 bits per heavy atom. The van der Waals surface area contributed by atoms with Crippen LogP contribution in [-0.4, -0.2) is 12.5 Å². The number of carbonyl (C=O) groups is 1. The van der Waals surface area contributed by atoms with Crippen molar-refractivity contribution in [1.82, 2.24) is 5.32 Å². The first kappa shape index (κ1) is 12.8. The summed E-state index contributed by atoms with van der Waals surface area (Å²) in [5.41, 5.74) is 4.67. The van der Waals surface area contributed by atoms with Crippen LogP contribution in [0.3, 0.4) is 0 Å². The lowest BCUT2D eigenvalue weighted by Crippen LogP contribution is -2.40. The van der Waals surface area contributed by atoms with Gasteiger partial charge in [0.25, 0.3) is 5.91 Å². The lowest BCUT2D eigenvalue weighted by Gasteiger charge is -2.38. The maximum atomic E-state index is 13.2. The van der Waals surface area contributed by atoms with Crippen LogP contribution in [0.2, 0.25) is 0 Å². The third-order valence-electron chi connectivity index (χ3n) is 3.58. The van der Waals surface area contributed by atoms with E-state index in [2.05, 4.69) is 12.2 Å². The number of halogens is 2. The van der Waals surface area contributed by atoms with Gasteiger partial charge in [0.1, 0.15) is 17.3 Å². The van der Waals surface area contributed by atoms with E-state index in [1.165, 1.54) is 0 Å². The number of amides is 1. The Balaban J connectivity index is 2.05. The molecule has 1 amide bonds. The molecular formula is C13H16F2N2O. The molecule has 5 heteroatoms. The van der Waals surface area contributed by atoms with Crippen molar-refractivity contribution in [3.8, 4) is 0 Å². The summed E-state index contributed by atoms with van der Waals surface area (Å²) in [5, 5.41) is 2.70. The minimum absolute atomic E-state index is 0.0397. The average molecular weight is 254 g/mol. The second kappa shape index (κ2) is 4.55. The Labute approximate surface area is 104 Å². The summed E-state index contributed by atoms with van der Waals surface area (Å²) in [6.45, 7) is 2.61. The largest absolute Gasteiger partial charge is 0.394 e. The zero-order chi connectivity index (χ0) is 13.3. The molecule has 98 valence electrons. The molecule has 0 bridgehead atoms. The van der Waals surface area contributed by atoms with E-state index in [1.807, 2.05) is 0 Å². The molecule has 1 aliphatic rings. The predicted molar refractivity (Wildman–Crippen MR) is 65.1 cm³/mol. The standard InChI is InChI=1S/C13H16F2N2O/c1-13(3-2-4-13)7-17-12(18)8-5-9(14)11(16)10(15)6-8/h5-6H,2-4,7,16H2,1H3,(H,17,18). The van der Waals surface area contributed by atoms with Crippen LogP contribution in [0, 0.1) is 17.0 Å². The highest BCUT2D eigenvalue weighted by Gasteiger charge is 2.32. The van der Waals surface area contributed by atoms with Gasteiger partial charge in [-0.2, -0.15) is 0 Å². The topological polar surface area (TPSA) is 55.1 Å². The quantitative estimate of drug-likeness (QED) is 0.814. The van der Waals surface area contributed by atoms with Crippen molar-refractivity contribution in [2.75, 3.05) is 12.3 Å². The summed E-state index contributed by atoms with van der Waals surface area (Å²) in [4.78, 5) is 11.8. The Kier molecular flexibility index (Phi) is 3.24. The molecule has 1 aliphatic carbocycles. The average Bonchev–Trinajstić information content (AvgIpc) is 2.30. The zero-order valence-electron chi connectivity index (χ0n) is 10.2. The first-order chi connectivity index (χ1) is 8.41. The minimum Gasteiger partial charge on any atom is -0.394 e. The fraction of sp³-hybridized carbons (Fsp3) is 0.462. The third-order valence-corrected chi connectivity index (χ3v) is 3.58. The van der Waals surface area contributed by atoms with Crippen molar-refractivity contribution < 1.29 is 13.6 Å². The van der Waals surface area contributed by atoms with Crippen LogP contribution in [0.5, 0.6) is 0 Å². The van der Waals surface area contributed by atoms with E-state index in [0.29, 0.717) is 6.54 Å². The van der Waals surface area contributed by atoms with Gasteiger partial charge in [0, 0.05) is 12.1 Å². The van der Waals surface area contributed by atoms with Crippen LogP contribution in [-0.2, 0) is 0 Å². The Bertz CT molecular complexity index is 461. The summed E-state index contributed by atoms with van der Waals surface area (Å²) in [5.74, 6) is -2.29. The van der Waals surface area contributed by atoms with Gasteiger partial charge >= 0.3 is 0 Å². The lowest BCUT2D eigenvalue weighted by atomic mass is 9.70. The molecule has 0 spiro atoms. The normalized spacial score (nSPS) is 17.1. The van der Waals surface area contributed by atoms with Crippen molar-refractivity contribution >= 4 is 11.6 Å². The fourth-order valence-electron chi connectivity index (χ4n) is 2.07. The molecule has 0 saturated heterocycles. The molecule has 1 aromatic rings. The highest BCUT2D eigenvalue weighted by Crippen LogP contribution is 2.39. The van der Waals surface area contributed by atoms with Gasteiger partial charge < -0.3 is 11.1 Å². The van der Waals surface area contributed by atoms with Gasteiger partial charge in [0.05, 0.1) is 0 Å². The van der Waals surface area contributed by atoms with Gasteiger partial charge in [-0.15, -0.1) is 0 Å². The highest BCUT2D eigenvalue weighted by atomic mass is 19.1. The molecule has 1 fully saturated rings. The molecule has 0 aromatic heterocycles. The summed E-state index contributed by atoms with van der Waals surface area (Å²) in [6, 6.07) is 1.91. The summed E-state index contributed by atoms with van der Waals surface area (Å²) < 4.78 is 26.4. The SMILES string of the molecule is CC1(CNC(=O)c2cc(F)c(N)c(F)c2)CCC1. The van der Waals surface area contributed by atoms with Gasteiger partial charge in [0.15, 0.2) is 0 Å². The van der Waals surface area contributed by atoms with E-state index in [1.54, 1.807) is 0 Å².